The number of halogens is 4. The molecule has 0 aliphatic carbocycles. The van der Waals surface area contributed by atoms with Crippen LogP contribution in [0.4, 0.5) is 17.6 Å². The van der Waals surface area contributed by atoms with Crippen molar-refractivity contribution in [2.45, 2.75) is 32.6 Å². The fraction of sp³-hybridized carbons (Fsp3) is 0.533. The lowest BCUT2D eigenvalue weighted by Crippen LogP contribution is -2.43. The monoisotopic (exact) mass is 335 g/mol. The summed E-state index contributed by atoms with van der Waals surface area (Å²) in [4.78, 5) is 4.13. The van der Waals surface area contributed by atoms with Crippen LogP contribution in [0.25, 0.3) is 0 Å². The molecule has 0 amide bonds. The normalized spacial score (nSPS) is 13.8. The first-order valence-corrected chi connectivity index (χ1v) is 7.17. The molecule has 1 rings (SSSR count). The van der Waals surface area contributed by atoms with Gasteiger partial charge in [-0.25, -0.2) is 9.38 Å². The van der Waals surface area contributed by atoms with Gasteiger partial charge in [0.2, 0.25) is 0 Å². The van der Waals surface area contributed by atoms with Crippen LogP contribution in [-0.2, 0) is 17.5 Å². The summed E-state index contributed by atoms with van der Waals surface area (Å²) >= 11 is 0. The Morgan fingerprint density at radius 2 is 2.04 bits per heavy atom. The molecule has 130 valence electrons. The third kappa shape index (κ3) is 6.43. The average Bonchev–Trinajstić information content (AvgIpc) is 2.45. The van der Waals surface area contributed by atoms with E-state index in [1.807, 2.05) is 13.8 Å². The van der Waals surface area contributed by atoms with Crippen molar-refractivity contribution in [3.8, 4) is 0 Å². The van der Waals surface area contributed by atoms with Crippen LogP contribution in [0, 0.1) is 5.82 Å². The number of nitrogens with zero attached hydrogens (tertiary/aromatic N) is 1. The molecule has 0 aromatic heterocycles. The van der Waals surface area contributed by atoms with Gasteiger partial charge in [-0.15, -0.1) is 0 Å². The molecule has 1 aromatic rings. The maximum Gasteiger partial charge on any atom is 0.416 e. The molecule has 8 heteroatoms. The van der Waals surface area contributed by atoms with Crippen LogP contribution in [0.3, 0.4) is 0 Å². The number of rotatable bonds is 6. The first-order valence-electron chi connectivity index (χ1n) is 7.17. The van der Waals surface area contributed by atoms with E-state index in [0.717, 1.165) is 12.1 Å². The van der Waals surface area contributed by atoms with E-state index < -0.39 is 17.6 Å². The highest BCUT2D eigenvalue weighted by molar-refractivity contribution is 5.80. The summed E-state index contributed by atoms with van der Waals surface area (Å²) in [5.41, 5.74) is -1.10. The third-order valence-electron chi connectivity index (χ3n) is 2.93. The predicted octanol–water partition coefficient (Wildman–Crippen LogP) is 2.93. The Morgan fingerprint density at radius 1 is 1.35 bits per heavy atom. The molecule has 0 bridgehead atoms. The van der Waals surface area contributed by atoms with E-state index in [2.05, 4.69) is 15.6 Å². The molecule has 4 nitrogen and oxygen atoms in total. The molecule has 0 aliphatic rings. The second kappa shape index (κ2) is 8.71. The summed E-state index contributed by atoms with van der Waals surface area (Å²) in [7, 11) is 1.55. The lowest BCUT2D eigenvalue weighted by atomic mass is 10.1. The van der Waals surface area contributed by atoms with Gasteiger partial charge in [0, 0.05) is 19.7 Å². The summed E-state index contributed by atoms with van der Waals surface area (Å²) in [5, 5.41) is 5.96. The van der Waals surface area contributed by atoms with Gasteiger partial charge in [0.1, 0.15) is 5.82 Å². The molecular formula is C15H21F4N3O. The fourth-order valence-corrected chi connectivity index (χ4v) is 1.96. The molecule has 1 aromatic carbocycles. The minimum absolute atomic E-state index is 0.0619. The van der Waals surface area contributed by atoms with Gasteiger partial charge in [0.15, 0.2) is 5.96 Å². The zero-order valence-electron chi connectivity index (χ0n) is 13.3. The van der Waals surface area contributed by atoms with Crippen molar-refractivity contribution in [1.29, 1.82) is 0 Å². The number of aliphatic imine (C=N–C) groups is 1. The van der Waals surface area contributed by atoms with Crippen molar-refractivity contribution in [3.63, 3.8) is 0 Å². The van der Waals surface area contributed by atoms with Crippen LogP contribution in [-0.4, -0.2) is 32.3 Å². The van der Waals surface area contributed by atoms with E-state index in [0.29, 0.717) is 25.2 Å². The van der Waals surface area contributed by atoms with Crippen molar-refractivity contribution < 1.29 is 22.3 Å². The Hall–Kier alpha value is -1.83. The Bertz CT molecular complexity index is 532. The first kappa shape index (κ1) is 19.2. The Labute approximate surface area is 132 Å². The van der Waals surface area contributed by atoms with E-state index in [1.165, 1.54) is 0 Å². The first-order chi connectivity index (χ1) is 10.8. The van der Waals surface area contributed by atoms with Gasteiger partial charge in [0.25, 0.3) is 0 Å². The van der Waals surface area contributed by atoms with Crippen LogP contribution in [0.1, 0.15) is 25.0 Å². The highest BCUT2D eigenvalue weighted by atomic mass is 19.4. The largest absolute Gasteiger partial charge is 0.416 e. The number of hydrogen-bond donors (Lipinski definition) is 2. The lowest BCUT2D eigenvalue weighted by Gasteiger charge is -2.17. The number of guanidine groups is 1. The van der Waals surface area contributed by atoms with Crippen molar-refractivity contribution in [3.05, 3.63) is 35.1 Å². The van der Waals surface area contributed by atoms with Gasteiger partial charge in [-0.05, 0) is 31.5 Å². The van der Waals surface area contributed by atoms with Crippen LogP contribution in [0.5, 0.6) is 0 Å². The molecule has 0 heterocycles. The molecule has 0 fully saturated rings. The summed E-state index contributed by atoms with van der Waals surface area (Å²) < 4.78 is 56.9. The van der Waals surface area contributed by atoms with Crippen LogP contribution < -0.4 is 10.6 Å². The molecule has 0 saturated carbocycles. The van der Waals surface area contributed by atoms with Crippen molar-refractivity contribution in [2.24, 2.45) is 4.99 Å². The molecule has 2 N–H and O–H groups in total. The van der Waals surface area contributed by atoms with Crippen LogP contribution >= 0.6 is 0 Å². The molecule has 23 heavy (non-hydrogen) atoms. The maximum atomic E-state index is 13.1. The van der Waals surface area contributed by atoms with E-state index in [-0.39, 0.29) is 18.2 Å². The van der Waals surface area contributed by atoms with Gasteiger partial charge in [0.05, 0.1) is 18.7 Å². The van der Waals surface area contributed by atoms with Gasteiger partial charge in [-0.1, -0.05) is 6.07 Å². The summed E-state index contributed by atoms with van der Waals surface area (Å²) in [6, 6.07) is 2.52. The van der Waals surface area contributed by atoms with Crippen molar-refractivity contribution in [2.75, 3.05) is 20.3 Å². The van der Waals surface area contributed by atoms with Gasteiger partial charge >= 0.3 is 6.18 Å². The van der Waals surface area contributed by atoms with Crippen molar-refractivity contribution in [1.82, 2.24) is 10.6 Å². The Kier molecular flexibility index (Phi) is 7.28. The molecule has 0 radical (unpaired) electrons. The van der Waals surface area contributed by atoms with Crippen LogP contribution in [0.2, 0.25) is 0 Å². The number of benzene rings is 1. The van der Waals surface area contributed by atoms with E-state index in [9.17, 15) is 17.6 Å². The SMILES string of the molecule is CCNC(=NCc1ccc(F)cc1C(F)(F)F)NC(C)COC. The number of nitrogens with one attached hydrogen (secondary N) is 2. The molecular weight excluding hydrogens is 314 g/mol. The average molecular weight is 335 g/mol. The Balaban J connectivity index is 2.95. The van der Waals surface area contributed by atoms with Gasteiger partial charge < -0.3 is 15.4 Å². The molecule has 1 atom stereocenters. The number of ether oxygens (including phenoxy) is 1. The van der Waals surface area contributed by atoms with E-state index >= 15 is 0 Å². The van der Waals surface area contributed by atoms with Crippen molar-refractivity contribution >= 4 is 5.96 Å². The number of alkyl halides is 3. The molecule has 0 spiro atoms. The minimum atomic E-state index is -4.62. The van der Waals surface area contributed by atoms with Crippen LogP contribution in [0.15, 0.2) is 23.2 Å². The Morgan fingerprint density at radius 3 is 2.61 bits per heavy atom. The number of hydrogen-bond acceptors (Lipinski definition) is 2. The lowest BCUT2D eigenvalue weighted by molar-refractivity contribution is -0.138. The van der Waals surface area contributed by atoms with E-state index in [1.54, 1.807) is 7.11 Å². The molecule has 0 aliphatic heterocycles. The standard InChI is InChI=1S/C15H21F4N3O/c1-4-20-14(22-10(2)9-23-3)21-8-11-5-6-12(16)7-13(11)15(17,18)19/h5-7,10H,4,8-9H2,1-3H3,(H2,20,21,22). The van der Waals surface area contributed by atoms with Gasteiger partial charge in [-0.3, -0.25) is 0 Å². The second-order valence-electron chi connectivity index (χ2n) is 5.00. The molecule has 1 unspecified atom stereocenters. The summed E-state index contributed by atoms with van der Waals surface area (Å²) in [6.45, 7) is 4.46. The quantitative estimate of drug-likeness (QED) is 0.477. The zero-order valence-corrected chi connectivity index (χ0v) is 13.3. The summed E-state index contributed by atoms with van der Waals surface area (Å²) in [6.07, 6.45) is -4.62. The number of methoxy groups -OCH3 is 1. The summed E-state index contributed by atoms with van der Waals surface area (Å²) in [5.74, 6) is -0.557. The van der Waals surface area contributed by atoms with E-state index in [4.69, 9.17) is 4.74 Å². The highest BCUT2D eigenvalue weighted by Gasteiger charge is 2.33. The zero-order chi connectivity index (χ0) is 17.5. The second-order valence-corrected chi connectivity index (χ2v) is 5.00. The highest BCUT2D eigenvalue weighted by Crippen LogP contribution is 2.32. The topological polar surface area (TPSA) is 45.7 Å². The minimum Gasteiger partial charge on any atom is -0.383 e. The van der Waals surface area contributed by atoms with Gasteiger partial charge in [-0.2, -0.15) is 13.2 Å². The maximum absolute atomic E-state index is 13.1. The molecule has 0 saturated heterocycles. The third-order valence-corrected chi connectivity index (χ3v) is 2.93. The fourth-order valence-electron chi connectivity index (χ4n) is 1.96. The predicted molar refractivity (Wildman–Crippen MR) is 80.7 cm³/mol. The smallest absolute Gasteiger partial charge is 0.383 e.